The molecule has 0 unspecified atom stereocenters. The Hall–Kier alpha value is -3.72. The average Bonchev–Trinajstić information content (AvgIpc) is 3.06. The number of anilines is 1. The molecular weight excluding hydrogens is 675 g/mol. The van der Waals surface area contributed by atoms with E-state index in [9.17, 15) is 31.5 Å². The average molecular weight is 722 g/mol. The van der Waals surface area contributed by atoms with Gasteiger partial charge in [-0.2, -0.15) is 17.4 Å². The number of hydrogen-bond donors (Lipinski definition) is 4. The Bertz CT molecular complexity index is 1700. The van der Waals surface area contributed by atoms with E-state index in [0.29, 0.717) is 43.0 Å². The fraction of sp³-hybridized carbons (Fsp3) is 0.515. The predicted molar refractivity (Wildman–Crippen MR) is 187 cm³/mol. The van der Waals surface area contributed by atoms with Crippen LogP contribution < -0.4 is 24.4 Å². The van der Waals surface area contributed by atoms with Crippen LogP contribution in [0.3, 0.4) is 0 Å². The lowest BCUT2D eigenvalue weighted by molar-refractivity contribution is -0.140. The Labute approximate surface area is 289 Å². The van der Waals surface area contributed by atoms with Gasteiger partial charge in [0.1, 0.15) is 18.4 Å². The Kier molecular flexibility index (Phi) is 14.9. The highest BCUT2D eigenvalue weighted by Crippen LogP contribution is 2.21. The van der Waals surface area contributed by atoms with Gasteiger partial charge in [-0.25, -0.2) is 13.1 Å². The highest BCUT2D eigenvalue weighted by molar-refractivity contribution is 7.90. The van der Waals surface area contributed by atoms with Crippen LogP contribution in [0.5, 0.6) is 5.75 Å². The number of carbonyl (C=O) groups excluding carboxylic acids is 1. The molecule has 270 valence electrons. The number of methoxy groups -OCH3 is 1. The normalized spacial score (nSPS) is 14.7. The van der Waals surface area contributed by atoms with Crippen molar-refractivity contribution in [2.45, 2.75) is 45.4 Å². The Morgan fingerprint density at radius 2 is 1.53 bits per heavy atom. The van der Waals surface area contributed by atoms with Crippen LogP contribution in [-0.2, 0) is 29.8 Å². The maximum absolute atomic E-state index is 13.1. The topological polar surface area (TPSA) is 184 Å². The van der Waals surface area contributed by atoms with E-state index in [1.54, 1.807) is 53.0 Å². The first kappa shape index (κ1) is 39.7. The van der Waals surface area contributed by atoms with E-state index in [4.69, 9.17) is 9.47 Å². The molecule has 0 aliphatic carbocycles. The van der Waals surface area contributed by atoms with Crippen molar-refractivity contribution in [2.24, 2.45) is 5.92 Å². The molecule has 1 heterocycles. The molecule has 3 rings (SSSR count). The summed E-state index contributed by atoms with van der Waals surface area (Å²) in [6.45, 7) is 8.81. The van der Waals surface area contributed by atoms with Gasteiger partial charge in [-0.15, -0.1) is 0 Å². The molecule has 16 heteroatoms. The molecule has 0 spiro atoms. The zero-order chi connectivity index (χ0) is 36.2. The summed E-state index contributed by atoms with van der Waals surface area (Å²) in [6.07, 6.45) is 0.407. The Morgan fingerprint density at radius 3 is 2.12 bits per heavy atom. The van der Waals surface area contributed by atoms with Gasteiger partial charge in [0, 0.05) is 63.2 Å². The fourth-order valence-corrected chi connectivity index (χ4v) is 6.95. The van der Waals surface area contributed by atoms with Crippen molar-refractivity contribution in [3.05, 3.63) is 59.2 Å². The van der Waals surface area contributed by atoms with E-state index < -0.39 is 43.4 Å². The van der Waals surface area contributed by atoms with Crippen molar-refractivity contribution in [3.63, 3.8) is 0 Å². The molecule has 0 bridgehead atoms. The molecule has 1 atom stereocenters. The summed E-state index contributed by atoms with van der Waals surface area (Å²) < 4.78 is 66.4. The van der Waals surface area contributed by atoms with Crippen molar-refractivity contribution in [1.29, 1.82) is 0 Å². The molecule has 0 saturated carbocycles. The van der Waals surface area contributed by atoms with Gasteiger partial charge in [0.05, 0.1) is 17.4 Å². The highest BCUT2D eigenvalue weighted by atomic mass is 32.2. The first-order valence-electron chi connectivity index (χ1n) is 16.0. The van der Waals surface area contributed by atoms with Crippen LogP contribution in [0.15, 0.2) is 42.5 Å². The lowest BCUT2D eigenvalue weighted by Crippen LogP contribution is -2.55. The van der Waals surface area contributed by atoms with Gasteiger partial charge in [-0.05, 0) is 68.7 Å². The minimum atomic E-state index is -3.95. The van der Waals surface area contributed by atoms with Gasteiger partial charge >= 0.3 is 5.97 Å². The number of nitrogens with one attached hydrogen (secondary N) is 3. The molecule has 0 aromatic heterocycles. The molecule has 1 amide bonds. The quantitative estimate of drug-likeness (QED) is 0.138. The van der Waals surface area contributed by atoms with E-state index in [-0.39, 0.29) is 38.7 Å². The van der Waals surface area contributed by atoms with Gasteiger partial charge < -0.3 is 24.8 Å². The number of carboxylic acids is 1. The second-order valence-corrected chi connectivity index (χ2v) is 16.0. The summed E-state index contributed by atoms with van der Waals surface area (Å²) >= 11 is 0. The van der Waals surface area contributed by atoms with Gasteiger partial charge in [0.2, 0.25) is 10.0 Å². The summed E-state index contributed by atoms with van der Waals surface area (Å²) in [7, 11) is -5.78. The Balaban J connectivity index is 1.63. The van der Waals surface area contributed by atoms with Crippen LogP contribution in [0.25, 0.3) is 0 Å². The lowest BCUT2D eigenvalue weighted by Gasteiger charge is -2.36. The molecule has 2 aromatic carbocycles. The lowest BCUT2D eigenvalue weighted by atomic mass is 10.1. The number of ether oxygens (including phenoxy) is 2. The van der Waals surface area contributed by atoms with Crippen LogP contribution in [0.2, 0.25) is 0 Å². The summed E-state index contributed by atoms with van der Waals surface area (Å²) in [5.74, 6) is 4.57. The molecule has 49 heavy (non-hydrogen) atoms. The van der Waals surface area contributed by atoms with E-state index >= 15 is 0 Å². The molecule has 14 nitrogen and oxygen atoms in total. The van der Waals surface area contributed by atoms with E-state index in [1.165, 1.54) is 4.31 Å². The van der Waals surface area contributed by atoms with Crippen LogP contribution in [0.4, 0.5) is 5.69 Å². The number of carbonyl (C=O) groups is 2. The first-order valence-corrected chi connectivity index (χ1v) is 19.0. The molecular formula is C33H47N5O9S2. The molecule has 1 aliphatic heterocycles. The van der Waals surface area contributed by atoms with Crippen molar-refractivity contribution in [1.82, 2.24) is 19.1 Å². The standard InChI is InChI=1S/C33H47N5O9S2/c1-24(2)31(33(40)41)36-49(44,45)38-19-17-37(18-20-38)28-12-9-26(10-13-28)7-8-27-11-14-30(47-22-21-46-5)29(23-27)32(39)34-15-6-16-35-48(42,43)25(3)4/h9-14,23-25,31,35-36H,6,15-22H2,1-5H3,(H,34,39)(H,40,41)/t31-/m1/s1. The van der Waals surface area contributed by atoms with E-state index in [2.05, 4.69) is 26.6 Å². The number of nitrogens with zero attached hydrogens (tertiary/aromatic N) is 2. The predicted octanol–water partition coefficient (Wildman–Crippen LogP) is 1.62. The maximum Gasteiger partial charge on any atom is 0.322 e. The largest absolute Gasteiger partial charge is 0.490 e. The SMILES string of the molecule is COCCOc1ccc(C#Cc2ccc(N3CCN(S(=O)(=O)N[C@@H](C(=O)O)C(C)C)CC3)cc2)cc1C(=O)NCCCNS(=O)(=O)C(C)C. The monoisotopic (exact) mass is 721 g/mol. The van der Waals surface area contributed by atoms with Crippen LogP contribution >= 0.6 is 0 Å². The zero-order valence-corrected chi connectivity index (χ0v) is 30.2. The third-order valence-corrected chi connectivity index (χ3v) is 11.1. The minimum Gasteiger partial charge on any atom is -0.490 e. The third kappa shape index (κ3) is 12.0. The summed E-state index contributed by atoms with van der Waals surface area (Å²) in [6, 6.07) is 11.4. The number of amides is 1. The smallest absolute Gasteiger partial charge is 0.322 e. The van der Waals surface area contributed by atoms with E-state index in [0.717, 1.165) is 11.3 Å². The number of aliphatic carboxylic acids is 1. The van der Waals surface area contributed by atoms with Crippen molar-refractivity contribution in [3.8, 4) is 17.6 Å². The van der Waals surface area contributed by atoms with Crippen LogP contribution in [-0.4, -0.2) is 109 Å². The highest BCUT2D eigenvalue weighted by Gasteiger charge is 2.33. The molecule has 4 N–H and O–H groups in total. The van der Waals surface area contributed by atoms with Crippen molar-refractivity contribution < 1.29 is 41.0 Å². The third-order valence-electron chi connectivity index (χ3n) is 7.70. The Morgan fingerprint density at radius 1 is 0.898 bits per heavy atom. The fourth-order valence-electron chi connectivity index (χ4n) is 4.71. The molecule has 2 aromatic rings. The second kappa shape index (κ2) is 18.3. The number of hydrogen-bond acceptors (Lipinski definition) is 9. The van der Waals surface area contributed by atoms with Crippen molar-refractivity contribution >= 4 is 37.8 Å². The minimum absolute atomic E-state index is 0.200. The van der Waals surface area contributed by atoms with E-state index in [1.807, 2.05) is 29.2 Å². The maximum atomic E-state index is 13.1. The second-order valence-electron chi connectivity index (χ2n) is 12.0. The number of carboxylic acid groups (broad SMARTS) is 1. The number of sulfonamides is 1. The van der Waals surface area contributed by atoms with Gasteiger partial charge in [0.15, 0.2) is 0 Å². The van der Waals surface area contributed by atoms with Crippen LogP contribution in [0.1, 0.15) is 55.6 Å². The molecule has 0 radical (unpaired) electrons. The van der Waals surface area contributed by atoms with Gasteiger partial charge in [-0.3, -0.25) is 9.59 Å². The van der Waals surface area contributed by atoms with Crippen molar-refractivity contribution in [2.75, 3.05) is 64.5 Å². The zero-order valence-electron chi connectivity index (χ0n) is 28.6. The van der Waals surface area contributed by atoms with Gasteiger partial charge in [-0.1, -0.05) is 25.7 Å². The number of benzene rings is 2. The van der Waals surface area contributed by atoms with Crippen LogP contribution in [0, 0.1) is 17.8 Å². The summed E-state index contributed by atoms with van der Waals surface area (Å²) in [5, 5.41) is 11.6. The van der Waals surface area contributed by atoms with Gasteiger partial charge in [0.25, 0.3) is 16.1 Å². The first-order chi connectivity index (χ1) is 23.1. The molecule has 1 saturated heterocycles. The molecule has 1 aliphatic rings. The number of piperazine rings is 1. The molecule has 1 fully saturated rings. The number of rotatable bonds is 17. The summed E-state index contributed by atoms with van der Waals surface area (Å²) in [5.41, 5.74) is 2.51. The summed E-state index contributed by atoms with van der Waals surface area (Å²) in [4.78, 5) is 26.6.